The van der Waals surface area contributed by atoms with E-state index in [1.807, 2.05) is 12.1 Å². The van der Waals surface area contributed by atoms with Crippen molar-refractivity contribution in [2.75, 3.05) is 32.0 Å². The van der Waals surface area contributed by atoms with Gasteiger partial charge in [-0.3, -0.25) is 4.90 Å². The van der Waals surface area contributed by atoms with Crippen LogP contribution in [0.2, 0.25) is 0 Å². The Kier molecular flexibility index (Phi) is 4.21. The van der Waals surface area contributed by atoms with Crippen molar-refractivity contribution in [2.24, 2.45) is 0 Å². The summed E-state index contributed by atoms with van der Waals surface area (Å²) < 4.78 is 6.47. The Bertz CT molecular complexity index is 349. The van der Waals surface area contributed by atoms with Crippen LogP contribution in [0.5, 0.6) is 0 Å². The molecule has 1 aromatic carbocycles. The summed E-state index contributed by atoms with van der Waals surface area (Å²) in [6.07, 6.45) is 1.11. The zero-order valence-electron chi connectivity index (χ0n) is 9.29. The van der Waals surface area contributed by atoms with Gasteiger partial charge < -0.3 is 10.5 Å². The number of benzene rings is 1. The van der Waals surface area contributed by atoms with E-state index in [0.717, 1.165) is 49.4 Å². The molecule has 3 nitrogen and oxygen atoms in total. The van der Waals surface area contributed by atoms with Gasteiger partial charge in [0, 0.05) is 36.4 Å². The average molecular weight is 285 g/mol. The summed E-state index contributed by atoms with van der Waals surface area (Å²) in [5, 5.41) is 0. The lowest BCUT2D eigenvalue weighted by Gasteiger charge is -2.20. The maximum Gasteiger partial charge on any atom is 0.0593 e. The zero-order valence-corrected chi connectivity index (χ0v) is 10.9. The molecule has 88 valence electrons. The van der Waals surface area contributed by atoms with Crippen LogP contribution in [0, 0.1) is 0 Å². The van der Waals surface area contributed by atoms with Crippen LogP contribution in [0.15, 0.2) is 22.7 Å². The van der Waals surface area contributed by atoms with Gasteiger partial charge in [0.1, 0.15) is 0 Å². The fourth-order valence-corrected chi connectivity index (χ4v) is 2.29. The number of hydrogen-bond donors (Lipinski definition) is 1. The summed E-state index contributed by atoms with van der Waals surface area (Å²) in [5.74, 6) is 0. The molecule has 0 unspecified atom stereocenters. The molecule has 0 atom stereocenters. The molecule has 0 amide bonds. The molecule has 2 N–H and O–H groups in total. The summed E-state index contributed by atoms with van der Waals surface area (Å²) >= 11 is 3.42. The van der Waals surface area contributed by atoms with Gasteiger partial charge in [-0.05, 0) is 24.1 Å². The van der Waals surface area contributed by atoms with E-state index in [-0.39, 0.29) is 0 Å². The molecular formula is C12H17BrN2O. The smallest absolute Gasteiger partial charge is 0.0593 e. The summed E-state index contributed by atoms with van der Waals surface area (Å²) in [6, 6.07) is 6.09. The molecule has 16 heavy (non-hydrogen) atoms. The number of anilines is 1. The maximum atomic E-state index is 5.99. The Morgan fingerprint density at radius 1 is 1.31 bits per heavy atom. The molecular weight excluding hydrogens is 268 g/mol. The number of hydrogen-bond acceptors (Lipinski definition) is 3. The molecule has 1 aliphatic rings. The Labute approximate surface area is 105 Å². The first-order valence-electron chi connectivity index (χ1n) is 5.60. The normalized spacial score (nSPS) is 18.3. The zero-order chi connectivity index (χ0) is 11.4. The topological polar surface area (TPSA) is 38.5 Å². The monoisotopic (exact) mass is 284 g/mol. The largest absolute Gasteiger partial charge is 0.398 e. The third-order valence-corrected chi connectivity index (χ3v) is 3.31. The van der Waals surface area contributed by atoms with Crippen molar-refractivity contribution in [1.29, 1.82) is 0 Å². The summed E-state index contributed by atoms with van der Waals surface area (Å²) in [4.78, 5) is 2.40. The lowest BCUT2D eigenvalue weighted by atomic mass is 10.1. The van der Waals surface area contributed by atoms with Crippen molar-refractivity contribution in [3.8, 4) is 0 Å². The highest BCUT2D eigenvalue weighted by Gasteiger charge is 2.11. The first kappa shape index (κ1) is 11.9. The van der Waals surface area contributed by atoms with Crippen LogP contribution in [0.25, 0.3) is 0 Å². The van der Waals surface area contributed by atoms with Crippen molar-refractivity contribution < 1.29 is 4.74 Å². The van der Waals surface area contributed by atoms with Crippen LogP contribution in [0.1, 0.15) is 12.0 Å². The predicted molar refractivity (Wildman–Crippen MR) is 69.3 cm³/mol. The molecule has 0 bridgehead atoms. The second-order valence-electron chi connectivity index (χ2n) is 4.09. The summed E-state index contributed by atoms with van der Waals surface area (Å²) in [7, 11) is 0. The lowest BCUT2D eigenvalue weighted by molar-refractivity contribution is 0.140. The Balaban J connectivity index is 2.01. The van der Waals surface area contributed by atoms with Gasteiger partial charge in [-0.15, -0.1) is 0 Å². The number of halogens is 1. The fraction of sp³-hybridized carbons (Fsp3) is 0.500. The average Bonchev–Trinajstić information content (AvgIpc) is 2.51. The third kappa shape index (κ3) is 3.20. The molecule has 0 saturated carbocycles. The number of nitrogens with two attached hydrogens (primary N) is 1. The predicted octanol–water partition coefficient (Wildman–Crippen LogP) is 2.25. The quantitative estimate of drug-likeness (QED) is 0.847. The third-order valence-electron chi connectivity index (χ3n) is 2.82. The van der Waals surface area contributed by atoms with Gasteiger partial charge >= 0.3 is 0 Å². The van der Waals surface area contributed by atoms with E-state index < -0.39 is 0 Å². The van der Waals surface area contributed by atoms with E-state index in [4.69, 9.17) is 10.5 Å². The second-order valence-corrected chi connectivity index (χ2v) is 5.00. The molecule has 0 radical (unpaired) electrons. The molecule has 0 aromatic heterocycles. The van der Waals surface area contributed by atoms with E-state index >= 15 is 0 Å². The number of ether oxygens (including phenoxy) is 1. The van der Waals surface area contributed by atoms with Gasteiger partial charge in [0.05, 0.1) is 6.61 Å². The molecule has 1 heterocycles. The first-order chi connectivity index (χ1) is 7.75. The van der Waals surface area contributed by atoms with E-state index in [0.29, 0.717) is 0 Å². The Morgan fingerprint density at radius 3 is 3.00 bits per heavy atom. The second kappa shape index (κ2) is 5.66. The highest BCUT2D eigenvalue weighted by atomic mass is 79.9. The van der Waals surface area contributed by atoms with Gasteiger partial charge in [-0.25, -0.2) is 0 Å². The van der Waals surface area contributed by atoms with Crippen LogP contribution in [-0.2, 0) is 11.3 Å². The summed E-state index contributed by atoms with van der Waals surface area (Å²) in [6.45, 7) is 4.72. The van der Waals surface area contributed by atoms with Gasteiger partial charge in [0.25, 0.3) is 0 Å². The minimum absolute atomic E-state index is 0.830. The van der Waals surface area contributed by atoms with E-state index in [1.54, 1.807) is 0 Å². The van der Waals surface area contributed by atoms with Crippen molar-refractivity contribution in [3.63, 3.8) is 0 Å². The van der Waals surface area contributed by atoms with Gasteiger partial charge in [0.15, 0.2) is 0 Å². The van der Waals surface area contributed by atoms with Crippen LogP contribution in [-0.4, -0.2) is 31.2 Å². The van der Waals surface area contributed by atoms with E-state index in [1.165, 1.54) is 5.56 Å². The maximum absolute atomic E-state index is 5.99. The highest BCUT2D eigenvalue weighted by Crippen LogP contribution is 2.20. The Morgan fingerprint density at radius 2 is 2.19 bits per heavy atom. The van der Waals surface area contributed by atoms with Crippen LogP contribution in [0.4, 0.5) is 5.69 Å². The van der Waals surface area contributed by atoms with Crippen LogP contribution < -0.4 is 5.73 Å². The fourth-order valence-electron chi connectivity index (χ4n) is 1.91. The molecule has 1 fully saturated rings. The molecule has 0 spiro atoms. The number of rotatable bonds is 2. The van der Waals surface area contributed by atoms with Gasteiger partial charge in [-0.1, -0.05) is 22.0 Å². The van der Waals surface area contributed by atoms with E-state index in [9.17, 15) is 0 Å². The lowest BCUT2D eigenvalue weighted by Crippen LogP contribution is -2.26. The Hall–Kier alpha value is -0.580. The van der Waals surface area contributed by atoms with Crippen molar-refractivity contribution >= 4 is 21.6 Å². The van der Waals surface area contributed by atoms with Crippen LogP contribution in [0.3, 0.4) is 0 Å². The summed E-state index contributed by atoms with van der Waals surface area (Å²) in [5.41, 5.74) is 8.05. The molecule has 4 heteroatoms. The van der Waals surface area contributed by atoms with Crippen molar-refractivity contribution in [1.82, 2.24) is 4.90 Å². The molecule has 1 aliphatic heterocycles. The molecule has 2 rings (SSSR count). The van der Waals surface area contributed by atoms with Gasteiger partial charge in [-0.2, -0.15) is 0 Å². The van der Waals surface area contributed by atoms with Gasteiger partial charge in [0.2, 0.25) is 0 Å². The standard InChI is InChI=1S/C12H17BrN2O/c13-11-3-2-10(12(14)8-11)9-15-4-1-6-16-7-5-15/h2-3,8H,1,4-7,9,14H2. The highest BCUT2D eigenvalue weighted by molar-refractivity contribution is 9.10. The molecule has 1 aromatic rings. The molecule has 0 aliphatic carbocycles. The number of nitrogens with zero attached hydrogens (tertiary/aromatic N) is 1. The van der Waals surface area contributed by atoms with Crippen molar-refractivity contribution in [3.05, 3.63) is 28.2 Å². The molecule has 1 saturated heterocycles. The van der Waals surface area contributed by atoms with Crippen molar-refractivity contribution in [2.45, 2.75) is 13.0 Å². The first-order valence-corrected chi connectivity index (χ1v) is 6.39. The SMILES string of the molecule is Nc1cc(Br)ccc1CN1CCCOCC1. The number of nitrogen functional groups attached to an aromatic ring is 1. The van der Waals surface area contributed by atoms with Crippen LogP contribution >= 0.6 is 15.9 Å². The minimum Gasteiger partial charge on any atom is -0.398 e. The minimum atomic E-state index is 0.830. The van der Waals surface area contributed by atoms with E-state index in [2.05, 4.69) is 26.9 Å².